The number of carbonyl (C=O) groups excluding carboxylic acids is 1. The van der Waals surface area contributed by atoms with Crippen molar-refractivity contribution >= 4 is 27.1 Å². The Morgan fingerprint density at radius 1 is 1.56 bits per heavy atom. The summed E-state index contributed by atoms with van der Waals surface area (Å²) in [6, 6.07) is 1.20. The fourth-order valence-electron chi connectivity index (χ4n) is 1.36. The molecule has 0 bridgehead atoms. The molecule has 0 saturated carbocycles. The van der Waals surface area contributed by atoms with Crippen molar-refractivity contribution in [2.45, 2.75) is 25.9 Å². The van der Waals surface area contributed by atoms with Crippen molar-refractivity contribution in [3.05, 3.63) is 21.9 Å². The average Bonchev–Trinajstić information content (AvgIpc) is 2.67. The van der Waals surface area contributed by atoms with Gasteiger partial charge in [-0.05, 0) is 30.4 Å². The first-order valence-electron chi connectivity index (χ1n) is 5.53. The first-order chi connectivity index (χ1) is 8.29. The number of sulfone groups is 1. The summed E-state index contributed by atoms with van der Waals surface area (Å²) in [5, 5.41) is 4.67. The normalized spacial score (nSPS) is 13.3. The minimum Gasteiger partial charge on any atom is -0.350 e. The Morgan fingerprint density at radius 3 is 2.72 bits per heavy atom. The van der Waals surface area contributed by atoms with E-state index in [1.807, 2.05) is 18.4 Å². The van der Waals surface area contributed by atoms with Crippen molar-refractivity contribution in [1.29, 1.82) is 0 Å². The number of rotatable bonds is 6. The second kappa shape index (κ2) is 6.31. The predicted molar refractivity (Wildman–Crippen MR) is 73.2 cm³/mol. The van der Waals surface area contributed by atoms with E-state index in [1.54, 1.807) is 11.3 Å². The van der Waals surface area contributed by atoms with Crippen LogP contribution in [0.3, 0.4) is 0 Å². The van der Waals surface area contributed by atoms with Gasteiger partial charge >= 0.3 is 0 Å². The van der Waals surface area contributed by atoms with Crippen LogP contribution in [0.4, 0.5) is 0 Å². The molecule has 1 rings (SSSR count). The van der Waals surface area contributed by atoms with Crippen LogP contribution in [0.5, 0.6) is 0 Å². The van der Waals surface area contributed by atoms with E-state index >= 15 is 0 Å². The van der Waals surface area contributed by atoms with Gasteiger partial charge in [0, 0.05) is 11.1 Å². The molecule has 3 N–H and O–H groups in total. The van der Waals surface area contributed by atoms with Crippen molar-refractivity contribution in [1.82, 2.24) is 5.32 Å². The summed E-state index contributed by atoms with van der Waals surface area (Å²) in [5.41, 5.74) is 6.76. The first-order valence-corrected chi connectivity index (χ1v) is 8.47. The molecule has 7 heteroatoms. The van der Waals surface area contributed by atoms with Crippen LogP contribution in [-0.4, -0.2) is 32.4 Å². The number of hydrogen-bond acceptors (Lipinski definition) is 5. The van der Waals surface area contributed by atoms with Gasteiger partial charge in [0.2, 0.25) is 5.91 Å². The summed E-state index contributed by atoms with van der Waals surface area (Å²) in [4.78, 5) is 12.7. The van der Waals surface area contributed by atoms with E-state index in [9.17, 15) is 13.2 Å². The number of nitrogens with two attached hydrogens (primary N) is 1. The largest absolute Gasteiger partial charge is 0.350 e. The Kier molecular flexibility index (Phi) is 5.30. The van der Waals surface area contributed by atoms with E-state index in [1.165, 1.54) is 0 Å². The van der Waals surface area contributed by atoms with Crippen molar-refractivity contribution in [3.63, 3.8) is 0 Å². The number of amides is 1. The standard InChI is InChI=1S/C11H18N2O3S2/c1-8-3-5-17-10(8)7-13-11(14)9(12)4-6-18(2,15)16/h3,5,9H,4,6-7,12H2,1-2H3,(H,13,14). The van der Waals surface area contributed by atoms with Gasteiger partial charge in [-0.25, -0.2) is 8.42 Å². The van der Waals surface area contributed by atoms with Crippen molar-refractivity contribution in [2.24, 2.45) is 5.73 Å². The molecule has 102 valence electrons. The topological polar surface area (TPSA) is 89.3 Å². The minimum atomic E-state index is -3.08. The predicted octanol–water partition coefficient (Wildman–Crippen LogP) is 0.435. The van der Waals surface area contributed by atoms with E-state index in [-0.39, 0.29) is 18.1 Å². The zero-order chi connectivity index (χ0) is 13.8. The van der Waals surface area contributed by atoms with Gasteiger partial charge in [-0.15, -0.1) is 11.3 Å². The third-order valence-electron chi connectivity index (χ3n) is 2.53. The SMILES string of the molecule is Cc1ccsc1CNC(=O)C(N)CCS(C)(=O)=O. The lowest BCUT2D eigenvalue weighted by Crippen LogP contribution is -2.41. The molecule has 0 aliphatic carbocycles. The first kappa shape index (κ1) is 15.1. The lowest BCUT2D eigenvalue weighted by atomic mass is 10.2. The summed E-state index contributed by atoms with van der Waals surface area (Å²) >= 11 is 1.57. The van der Waals surface area contributed by atoms with Crippen LogP contribution in [0.2, 0.25) is 0 Å². The maximum atomic E-state index is 11.6. The lowest BCUT2D eigenvalue weighted by Gasteiger charge is -2.11. The molecule has 0 saturated heterocycles. The highest BCUT2D eigenvalue weighted by Gasteiger charge is 2.15. The van der Waals surface area contributed by atoms with Gasteiger partial charge in [-0.1, -0.05) is 0 Å². The van der Waals surface area contributed by atoms with Crippen LogP contribution in [-0.2, 0) is 21.2 Å². The molecule has 1 atom stereocenters. The third kappa shape index (κ3) is 5.16. The van der Waals surface area contributed by atoms with Gasteiger partial charge in [0.15, 0.2) is 0 Å². The van der Waals surface area contributed by atoms with Gasteiger partial charge in [0.25, 0.3) is 0 Å². The number of aryl methyl sites for hydroxylation is 1. The molecule has 0 radical (unpaired) electrons. The molecule has 1 heterocycles. The molecular weight excluding hydrogens is 272 g/mol. The van der Waals surface area contributed by atoms with E-state index in [2.05, 4.69) is 5.32 Å². The molecule has 18 heavy (non-hydrogen) atoms. The molecule has 0 fully saturated rings. The summed E-state index contributed by atoms with van der Waals surface area (Å²) in [6.07, 6.45) is 1.28. The molecule has 1 aromatic rings. The van der Waals surface area contributed by atoms with Gasteiger partial charge in [0.1, 0.15) is 9.84 Å². The summed E-state index contributed by atoms with van der Waals surface area (Å²) < 4.78 is 21.9. The lowest BCUT2D eigenvalue weighted by molar-refractivity contribution is -0.122. The Hall–Kier alpha value is -0.920. The summed E-state index contributed by atoms with van der Waals surface area (Å²) in [6.45, 7) is 2.41. The Labute approximate surface area is 111 Å². The molecule has 1 amide bonds. The number of nitrogens with one attached hydrogen (secondary N) is 1. The van der Waals surface area contributed by atoms with Crippen molar-refractivity contribution < 1.29 is 13.2 Å². The molecule has 0 aliphatic rings. The van der Waals surface area contributed by atoms with Gasteiger partial charge in [-0.3, -0.25) is 4.79 Å². The maximum Gasteiger partial charge on any atom is 0.237 e. The van der Waals surface area contributed by atoms with Gasteiger partial charge < -0.3 is 11.1 Å². The van der Waals surface area contributed by atoms with E-state index in [4.69, 9.17) is 5.73 Å². The van der Waals surface area contributed by atoms with Gasteiger partial charge in [0.05, 0.1) is 18.3 Å². The minimum absolute atomic E-state index is 0.0698. The molecule has 1 unspecified atom stereocenters. The summed E-state index contributed by atoms with van der Waals surface area (Å²) in [5.74, 6) is -0.383. The van der Waals surface area contributed by atoms with Gasteiger partial charge in [-0.2, -0.15) is 0 Å². The number of thiophene rings is 1. The highest BCUT2D eigenvalue weighted by molar-refractivity contribution is 7.90. The Bertz CT molecular complexity index is 508. The van der Waals surface area contributed by atoms with Crippen molar-refractivity contribution in [3.8, 4) is 0 Å². The van der Waals surface area contributed by atoms with Crippen LogP contribution < -0.4 is 11.1 Å². The zero-order valence-corrected chi connectivity index (χ0v) is 12.1. The van der Waals surface area contributed by atoms with Crippen LogP contribution in [0, 0.1) is 6.92 Å². The molecule has 0 aliphatic heterocycles. The molecule has 0 aromatic carbocycles. The van der Waals surface area contributed by atoms with E-state index in [0.717, 1.165) is 16.7 Å². The molecule has 5 nitrogen and oxygen atoms in total. The molecule has 0 spiro atoms. The van der Waals surface area contributed by atoms with Crippen LogP contribution in [0.15, 0.2) is 11.4 Å². The summed E-state index contributed by atoms with van der Waals surface area (Å²) in [7, 11) is -3.08. The van der Waals surface area contributed by atoms with Crippen LogP contribution in [0.25, 0.3) is 0 Å². The number of hydrogen-bond donors (Lipinski definition) is 2. The fraction of sp³-hybridized carbons (Fsp3) is 0.545. The quantitative estimate of drug-likeness (QED) is 0.795. The second-order valence-corrected chi connectivity index (χ2v) is 7.53. The zero-order valence-electron chi connectivity index (χ0n) is 10.5. The third-order valence-corrected chi connectivity index (χ3v) is 4.53. The monoisotopic (exact) mass is 290 g/mol. The second-order valence-electron chi connectivity index (χ2n) is 4.27. The van der Waals surface area contributed by atoms with E-state index in [0.29, 0.717) is 6.54 Å². The average molecular weight is 290 g/mol. The molecule has 1 aromatic heterocycles. The molecular formula is C11H18N2O3S2. The number of carbonyl (C=O) groups is 1. The van der Waals surface area contributed by atoms with Crippen LogP contribution >= 0.6 is 11.3 Å². The van der Waals surface area contributed by atoms with Crippen LogP contribution in [0.1, 0.15) is 16.9 Å². The Balaban J connectivity index is 2.39. The smallest absolute Gasteiger partial charge is 0.237 e. The fourth-order valence-corrected chi connectivity index (χ4v) is 2.88. The maximum absolute atomic E-state index is 11.6. The van der Waals surface area contributed by atoms with E-state index < -0.39 is 15.9 Å². The van der Waals surface area contributed by atoms with Crippen molar-refractivity contribution in [2.75, 3.05) is 12.0 Å². The Morgan fingerprint density at radius 2 is 2.22 bits per heavy atom. The highest BCUT2D eigenvalue weighted by Crippen LogP contribution is 2.14. The highest BCUT2D eigenvalue weighted by atomic mass is 32.2.